The van der Waals surface area contributed by atoms with Gasteiger partial charge in [0.25, 0.3) is 15.2 Å². The summed E-state index contributed by atoms with van der Waals surface area (Å²) in [5.41, 5.74) is 0. The maximum atomic E-state index is 10.3. The molecule has 2 aliphatic rings. The Labute approximate surface area is 183 Å². The zero-order chi connectivity index (χ0) is 22.7. The molecule has 9 heteroatoms. The standard InChI is InChI=1S/C12H23N.C9H20O3S.HNO3/c1-3-7-11(8-4-1)13-12-9-5-2-6-10-12;1-2-3-4-5-6-7-8-9-13(10,11)12;2-1(3)4/h11-13H,1-10H2;2-9H2,1H3,(H,10,11,12);(H,2,3,4). The molecule has 3 N–H and O–H groups in total. The van der Waals surface area contributed by atoms with E-state index in [2.05, 4.69) is 12.2 Å². The first-order valence-corrected chi connectivity index (χ1v) is 13.4. The second kappa shape index (κ2) is 18.8. The fourth-order valence-corrected chi connectivity index (χ4v) is 4.68. The van der Waals surface area contributed by atoms with E-state index in [1.54, 1.807) is 0 Å². The molecular weight excluding hydrogens is 408 g/mol. The summed E-state index contributed by atoms with van der Waals surface area (Å²) in [6.07, 6.45) is 22.0. The quantitative estimate of drug-likeness (QED) is 0.172. The minimum absolute atomic E-state index is 0.0826. The Morgan fingerprint density at radius 2 is 1.20 bits per heavy atom. The highest BCUT2D eigenvalue weighted by atomic mass is 32.2. The molecule has 180 valence electrons. The number of hydrogen-bond acceptors (Lipinski definition) is 5. The topological polar surface area (TPSA) is 130 Å². The Morgan fingerprint density at radius 1 is 0.833 bits per heavy atom. The molecule has 2 fully saturated rings. The lowest BCUT2D eigenvalue weighted by Crippen LogP contribution is -2.40. The Balaban J connectivity index is 0.000000477. The van der Waals surface area contributed by atoms with Crippen LogP contribution in [0, 0.1) is 10.1 Å². The van der Waals surface area contributed by atoms with Crippen LogP contribution in [0.3, 0.4) is 0 Å². The number of nitrogens with one attached hydrogen (secondary N) is 1. The monoisotopic (exact) mass is 452 g/mol. The van der Waals surface area contributed by atoms with Crippen LogP contribution in [0.2, 0.25) is 0 Å². The summed E-state index contributed by atoms with van der Waals surface area (Å²) >= 11 is 0. The third-order valence-electron chi connectivity index (χ3n) is 5.69. The SMILES string of the molecule is C1CCC(NC2CCCCC2)CC1.CCCCCCCCCS(=O)(=O)O.O=[N+]([O-])O. The molecule has 0 aromatic carbocycles. The van der Waals surface area contributed by atoms with Crippen molar-refractivity contribution in [1.82, 2.24) is 5.32 Å². The summed E-state index contributed by atoms with van der Waals surface area (Å²) in [7, 11) is -3.72. The van der Waals surface area contributed by atoms with E-state index in [-0.39, 0.29) is 5.75 Å². The van der Waals surface area contributed by atoms with E-state index in [1.807, 2.05) is 0 Å². The van der Waals surface area contributed by atoms with Gasteiger partial charge in [-0.3, -0.25) is 4.55 Å². The average molecular weight is 453 g/mol. The van der Waals surface area contributed by atoms with Crippen molar-refractivity contribution in [2.75, 3.05) is 5.75 Å². The number of rotatable bonds is 10. The molecule has 0 saturated heterocycles. The van der Waals surface area contributed by atoms with Crippen LogP contribution < -0.4 is 5.32 Å². The maximum absolute atomic E-state index is 10.3. The van der Waals surface area contributed by atoms with E-state index in [0.717, 1.165) is 24.9 Å². The van der Waals surface area contributed by atoms with E-state index in [1.165, 1.54) is 89.9 Å². The van der Waals surface area contributed by atoms with Crippen LogP contribution in [0.5, 0.6) is 0 Å². The second-order valence-corrected chi connectivity index (χ2v) is 10.1. The summed E-state index contributed by atoms with van der Waals surface area (Å²) in [5, 5.41) is 17.5. The molecule has 2 saturated carbocycles. The highest BCUT2D eigenvalue weighted by molar-refractivity contribution is 7.85. The first-order valence-electron chi connectivity index (χ1n) is 11.8. The van der Waals surface area contributed by atoms with Crippen molar-refractivity contribution >= 4 is 10.1 Å². The van der Waals surface area contributed by atoms with Gasteiger partial charge in [-0.15, -0.1) is 10.1 Å². The molecule has 0 heterocycles. The Hall–Kier alpha value is -0.930. The van der Waals surface area contributed by atoms with Gasteiger partial charge in [-0.25, -0.2) is 0 Å². The first kappa shape index (κ1) is 29.1. The predicted octanol–water partition coefficient (Wildman–Crippen LogP) is 5.52. The number of nitrogens with zero attached hydrogens (tertiary/aromatic N) is 1. The molecule has 0 aliphatic heterocycles. The molecular formula is C21H44N2O6S. The lowest BCUT2D eigenvalue weighted by molar-refractivity contribution is -0.742. The first-order chi connectivity index (χ1) is 14.2. The van der Waals surface area contributed by atoms with Gasteiger partial charge in [0.2, 0.25) is 0 Å². The van der Waals surface area contributed by atoms with Crippen LogP contribution in [0.4, 0.5) is 0 Å². The third-order valence-corrected chi connectivity index (χ3v) is 6.49. The van der Waals surface area contributed by atoms with Gasteiger partial charge in [0, 0.05) is 12.1 Å². The van der Waals surface area contributed by atoms with Crippen molar-refractivity contribution in [3.63, 3.8) is 0 Å². The average Bonchev–Trinajstić information content (AvgIpc) is 2.68. The summed E-state index contributed by atoms with van der Waals surface area (Å²) in [6.45, 7) is 2.17. The Bertz CT molecular complexity index is 484. The van der Waals surface area contributed by atoms with Crippen LogP contribution in [-0.2, 0) is 10.1 Å². The lowest BCUT2D eigenvalue weighted by atomic mass is 9.91. The smallest absolute Gasteiger partial charge is 0.291 e. The van der Waals surface area contributed by atoms with Crippen LogP contribution in [-0.4, -0.2) is 41.1 Å². The number of unbranched alkanes of at least 4 members (excludes halogenated alkanes) is 6. The van der Waals surface area contributed by atoms with Gasteiger partial charge in [-0.1, -0.05) is 84.0 Å². The second-order valence-electron chi connectivity index (χ2n) is 8.48. The highest BCUT2D eigenvalue weighted by Gasteiger charge is 2.19. The van der Waals surface area contributed by atoms with Gasteiger partial charge >= 0.3 is 0 Å². The Kier molecular flexibility index (Phi) is 18.2. The van der Waals surface area contributed by atoms with Crippen molar-refractivity contribution in [3.05, 3.63) is 10.1 Å². The van der Waals surface area contributed by atoms with Crippen molar-refractivity contribution in [2.24, 2.45) is 0 Å². The van der Waals surface area contributed by atoms with Gasteiger partial charge in [0.1, 0.15) is 0 Å². The predicted molar refractivity (Wildman–Crippen MR) is 120 cm³/mol. The largest absolute Gasteiger partial charge is 0.328 e. The molecule has 0 amide bonds. The van der Waals surface area contributed by atoms with Crippen LogP contribution >= 0.6 is 0 Å². The molecule has 0 atom stereocenters. The molecule has 0 aromatic heterocycles. The highest BCUT2D eigenvalue weighted by Crippen LogP contribution is 2.22. The van der Waals surface area contributed by atoms with E-state index in [9.17, 15) is 8.42 Å². The maximum Gasteiger partial charge on any atom is 0.291 e. The van der Waals surface area contributed by atoms with Gasteiger partial charge in [0.15, 0.2) is 0 Å². The van der Waals surface area contributed by atoms with Gasteiger partial charge < -0.3 is 10.5 Å². The minimum Gasteiger partial charge on any atom is -0.328 e. The third kappa shape index (κ3) is 21.8. The molecule has 8 nitrogen and oxygen atoms in total. The summed E-state index contributed by atoms with van der Waals surface area (Å²) < 4.78 is 29.1. The zero-order valence-electron chi connectivity index (χ0n) is 18.8. The normalized spacial score (nSPS) is 17.9. The van der Waals surface area contributed by atoms with Crippen LogP contribution in [0.15, 0.2) is 0 Å². The van der Waals surface area contributed by atoms with E-state index < -0.39 is 15.2 Å². The molecule has 0 bridgehead atoms. The van der Waals surface area contributed by atoms with Crippen molar-refractivity contribution < 1.29 is 23.3 Å². The van der Waals surface area contributed by atoms with E-state index >= 15 is 0 Å². The minimum atomic E-state index is -3.72. The molecule has 2 aliphatic carbocycles. The van der Waals surface area contributed by atoms with Gasteiger partial charge in [0.05, 0.1) is 5.75 Å². The fourth-order valence-electron chi connectivity index (χ4n) is 4.11. The van der Waals surface area contributed by atoms with Crippen LogP contribution in [0.25, 0.3) is 0 Å². The zero-order valence-corrected chi connectivity index (χ0v) is 19.6. The number of hydrogen-bond donors (Lipinski definition) is 3. The van der Waals surface area contributed by atoms with Gasteiger partial charge in [-0.2, -0.15) is 8.42 Å². The van der Waals surface area contributed by atoms with E-state index in [0.29, 0.717) is 6.42 Å². The Morgan fingerprint density at radius 3 is 1.57 bits per heavy atom. The summed E-state index contributed by atoms with van der Waals surface area (Å²) in [4.78, 5) is 8.36. The van der Waals surface area contributed by atoms with Crippen molar-refractivity contribution in [2.45, 2.75) is 128 Å². The van der Waals surface area contributed by atoms with Crippen molar-refractivity contribution in [3.8, 4) is 0 Å². The van der Waals surface area contributed by atoms with E-state index in [4.69, 9.17) is 19.9 Å². The summed E-state index contributed by atoms with van der Waals surface area (Å²) in [6, 6.07) is 1.74. The molecule has 2 rings (SSSR count). The summed E-state index contributed by atoms with van der Waals surface area (Å²) in [5.74, 6) is -0.0826. The van der Waals surface area contributed by atoms with Gasteiger partial charge in [-0.05, 0) is 32.1 Å². The fraction of sp³-hybridized carbons (Fsp3) is 1.00. The molecule has 30 heavy (non-hydrogen) atoms. The van der Waals surface area contributed by atoms with Crippen molar-refractivity contribution in [1.29, 1.82) is 0 Å². The molecule has 0 spiro atoms. The molecule has 0 radical (unpaired) electrons. The lowest BCUT2D eigenvalue weighted by Gasteiger charge is -2.30. The molecule has 0 unspecified atom stereocenters. The molecule has 0 aromatic rings. The van der Waals surface area contributed by atoms with Crippen LogP contribution in [0.1, 0.15) is 116 Å².